The van der Waals surface area contributed by atoms with Gasteiger partial charge in [-0.1, -0.05) is 30.0 Å². The number of ether oxygens (including phenoxy) is 3. The molecule has 0 fully saturated rings. The minimum Gasteiger partial charge on any atom is -0.496 e. The van der Waals surface area contributed by atoms with Crippen LogP contribution in [0.1, 0.15) is 20.7 Å². The van der Waals surface area contributed by atoms with Gasteiger partial charge in [0.2, 0.25) is 5.91 Å². The third-order valence-corrected chi connectivity index (χ3v) is 5.80. The molecule has 0 aliphatic heterocycles. The maximum absolute atomic E-state index is 12.7. The zero-order valence-electron chi connectivity index (χ0n) is 19.4. The zero-order valence-corrected chi connectivity index (χ0v) is 20.3. The number of hydrogen-bond donors (Lipinski definition) is 1. The lowest BCUT2D eigenvalue weighted by atomic mass is 10.1. The van der Waals surface area contributed by atoms with Crippen LogP contribution in [-0.4, -0.2) is 59.7 Å². The number of thioether (sulfide) groups is 1. The van der Waals surface area contributed by atoms with E-state index in [4.69, 9.17) is 14.2 Å². The van der Waals surface area contributed by atoms with Crippen LogP contribution in [0.2, 0.25) is 0 Å². The lowest BCUT2D eigenvalue weighted by molar-refractivity contribution is -0.113. The molecule has 11 heteroatoms. The van der Waals surface area contributed by atoms with Gasteiger partial charge in [-0.25, -0.2) is 9.59 Å². The maximum atomic E-state index is 12.7. The second-order valence-corrected chi connectivity index (χ2v) is 7.93. The first-order chi connectivity index (χ1) is 16.9. The highest BCUT2D eigenvalue weighted by Crippen LogP contribution is 2.31. The smallest absolute Gasteiger partial charge is 0.339 e. The van der Waals surface area contributed by atoms with E-state index in [1.165, 1.54) is 32.4 Å². The number of rotatable bonds is 10. The fraction of sp³-hybridized carbons (Fsp3) is 0.208. The van der Waals surface area contributed by atoms with Gasteiger partial charge < -0.3 is 19.5 Å². The molecule has 35 heavy (non-hydrogen) atoms. The first kappa shape index (κ1) is 25.5. The van der Waals surface area contributed by atoms with Crippen molar-refractivity contribution in [1.82, 2.24) is 14.8 Å². The van der Waals surface area contributed by atoms with Gasteiger partial charge in [-0.05, 0) is 30.3 Å². The van der Waals surface area contributed by atoms with Gasteiger partial charge in [-0.15, -0.1) is 16.8 Å². The Morgan fingerprint density at radius 2 is 1.80 bits per heavy atom. The first-order valence-corrected chi connectivity index (χ1v) is 11.3. The van der Waals surface area contributed by atoms with Gasteiger partial charge in [-0.2, -0.15) is 0 Å². The van der Waals surface area contributed by atoms with Gasteiger partial charge in [0.1, 0.15) is 5.75 Å². The van der Waals surface area contributed by atoms with Crippen molar-refractivity contribution < 1.29 is 28.6 Å². The van der Waals surface area contributed by atoms with Crippen LogP contribution >= 0.6 is 11.8 Å². The summed E-state index contributed by atoms with van der Waals surface area (Å²) in [6.45, 7) is 4.21. The van der Waals surface area contributed by atoms with Gasteiger partial charge in [-0.3, -0.25) is 9.36 Å². The number of carbonyl (C=O) groups is 3. The highest BCUT2D eigenvalue weighted by atomic mass is 32.2. The molecule has 3 aromatic rings. The van der Waals surface area contributed by atoms with Crippen molar-refractivity contribution in [2.24, 2.45) is 0 Å². The summed E-state index contributed by atoms with van der Waals surface area (Å²) in [5, 5.41) is 11.7. The molecule has 0 radical (unpaired) electrons. The number of hydrogen-bond acceptors (Lipinski definition) is 9. The van der Waals surface area contributed by atoms with Gasteiger partial charge in [0.05, 0.1) is 49.5 Å². The van der Waals surface area contributed by atoms with Gasteiger partial charge >= 0.3 is 11.9 Å². The summed E-state index contributed by atoms with van der Waals surface area (Å²) >= 11 is 1.16. The number of aromatic nitrogens is 3. The van der Waals surface area contributed by atoms with E-state index in [1.807, 2.05) is 28.8 Å². The fourth-order valence-corrected chi connectivity index (χ4v) is 3.96. The quantitative estimate of drug-likeness (QED) is 0.255. The molecule has 0 saturated carbocycles. The van der Waals surface area contributed by atoms with Crippen LogP contribution in [0.15, 0.2) is 60.3 Å². The number of esters is 2. The van der Waals surface area contributed by atoms with Crippen LogP contribution in [0.4, 0.5) is 5.69 Å². The molecule has 0 unspecified atom stereocenters. The van der Waals surface area contributed by atoms with Crippen molar-refractivity contribution in [2.75, 3.05) is 32.4 Å². The summed E-state index contributed by atoms with van der Waals surface area (Å²) in [4.78, 5) is 36.8. The largest absolute Gasteiger partial charge is 0.496 e. The van der Waals surface area contributed by atoms with Gasteiger partial charge in [0, 0.05) is 6.54 Å². The predicted molar refractivity (Wildman–Crippen MR) is 131 cm³/mol. The summed E-state index contributed by atoms with van der Waals surface area (Å²) in [5.41, 5.74) is 1.16. The third-order valence-electron chi connectivity index (χ3n) is 4.83. The van der Waals surface area contributed by atoms with E-state index < -0.39 is 17.8 Å². The predicted octanol–water partition coefficient (Wildman–Crippen LogP) is 3.44. The molecule has 0 atom stereocenters. The molecule has 0 saturated heterocycles. The molecule has 1 heterocycles. The topological polar surface area (TPSA) is 122 Å². The zero-order chi connectivity index (χ0) is 25.4. The third kappa shape index (κ3) is 5.87. The van der Waals surface area contributed by atoms with Crippen molar-refractivity contribution in [3.8, 4) is 17.1 Å². The minimum atomic E-state index is -0.656. The molecule has 0 bridgehead atoms. The van der Waals surface area contributed by atoms with Gasteiger partial charge in [0.15, 0.2) is 11.0 Å². The number of carbonyl (C=O) groups excluding carboxylic acids is 3. The minimum absolute atomic E-state index is 0.0374. The Morgan fingerprint density at radius 1 is 1.06 bits per heavy atom. The summed E-state index contributed by atoms with van der Waals surface area (Å²) in [7, 11) is 4.04. The average Bonchev–Trinajstić information content (AvgIpc) is 3.28. The van der Waals surface area contributed by atoms with Crippen molar-refractivity contribution in [3.63, 3.8) is 0 Å². The Labute approximate surface area is 206 Å². The second-order valence-electron chi connectivity index (χ2n) is 6.99. The number of anilines is 1. The molecule has 182 valence electrons. The van der Waals surface area contributed by atoms with E-state index in [-0.39, 0.29) is 22.6 Å². The van der Waals surface area contributed by atoms with E-state index in [2.05, 4.69) is 22.1 Å². The van der Waals surface area contributed by atoms with Crippen LogP contribution in [0.25, 0.3) is 11.4 Å². The van der Waals surface area contributed by atoms with Crippen LogP contribution in [0, 0.1) is 0 Å². The number of amides is 1. The van der Waals surface area contributed by atoms with Crippen molar-refractivity contribution in [1.29, 1.82) is 0 Å². The normalized spacial score (nSPS) is 10.4. The molecular weight excluding hydrogens is 472 g/mol. The Hall–Kier alpha value is -4.12. The van der Waals surface area contributed by atoms with Crippen LogP contribution in [0.5, 0.6) is 5.75 Å². The van der Waals surface area contributed by atoms with E-state index in [1.54, 1.807) is 13.2 Å². The molecule has 1 aromatic heterocycles. The van der Waals surface area contributed by atoms with E-state index in [9.17, 15) is 14.4 Å². The van der Waals surface area contributed by atoms with Gasteiger partial charge in [0.25, 0.3) is 0 Å². The molecule has 3 rings (SSSR count). The molecule has 2 aromatic carbocycles. The average molecular weight is 497 g/mol. The summed E-state index contributed by atoms with van der Waals surface area (Å²) in [5.74, 6) is -0.507. The molecule has 10 nitrogen and oxygen atoms in total. The Kier molecular flexibility index (Phi) is 8.63. The van der Waals surface area contributed by atoms with Crippen molar-refractivity contribution in [2.45, 2.75) is 11.7 Å². The number of benzene rings is 2. The summed E-state index contributed by atoms with van der Waals surface area (Å²) < 4.78 is 16.7. The number of nitrogens with zero attached hydrogens (tertiary/aromatic N) is 3. The van der Waals surface area contributed by atoms with Crippen molar-refractivity contribution >= 4 is 35.3 Å². The SMILES string of the molecule is C=CCn1c(SCC(=O)Nc2cc(C(=O)OC)ccc2C(=O)OC)nnc1-c1ccccc1OC. The monoisotopic (exact) mass is 496 g/mol. The van der Waals surface area contributed by atoms with E-state index in [0.29, 0.717) is 23.3 Å². The molecule has 1 N–H and O–H groups in total. The first-order valence-electron chi connectivity index (χ1n) is 10.3. The summed E-state index contributed by atoms with van der Waals surface area (Å²) in [6, 6.07) is 11.6. The van der Waals surface area contributed by atoms with E-state index in [0.717, 1.165) is 17.3 Å². The van der Waals surface area contributed by atoms with Crippen LogP contribution in [-0.2, 0) is 20.8 Å². The van der Waals surface area contributed by atoms with Crippen LogP contribution in [0.3, 0.4) is 0 Å². The molecule has 0 spiro atoms. The maximum Gasteiger partial charge on any atom is 0.339 e. The highest BCUT2D eigenvalue weighted by Gasteiger charge is 2.20. The molecule has 1 amide bonds. The highest BCUT2D eigenvalue weighted by molar-refractivity contribution is 7.99. The summed E-state index contributed by atoms with van der Waals surface area (Å²) in [6.07, 6.45) is 1.70. The standard InChI is InChI=1S/C24H24N4O6S/c1-5-12-28-21(17-8-6-7-9-19(17)32-2)26-27-24(28)35-14-20(29)25-18-13-15(22(30)33-3)10-11-16(18)23(31)34-4/h5-11,13H,1,12,14H2,2-4H3,(H,25,29). The number of methoxy groups -OCH3 is 3. The Morgan fingerprint density at radius 3 is 2.49 bits per heavy atom. The Bertz CT molecular complexity index is 1260. The molecule has 0 aliphatic rings. The number of para-hydroxylation sites is 1. The number of allylic oxidation sites excluding steroid dienone is 1. The van der Waals surface area contributed by atoms with Crippen molar-refractivity contribution in [3.05, 3.63) is 66.2 Å². The van der Waals surface area contributed by atoms with E-state index >= 15 is 0 Å². The number of nitrogens with one attached hydrogen (secondary N) is 1. The lowest BCUT2D eigenvalue weighted by Crippen LogP contribution is -2.18. The molecule has 0 aliphatic carbocycles. The molecular formula is C24H24N4O6S. The second kappa shape index (κ2) is 11.8. The van der Waals surface area contributed by atoms with Crippen LogP contribution < -0.4 is 10.1 Å². The Balaban J connectivity index is 1.82. The fourth-order valence-electron chi connectivity index (χ4n) is 3.21. The lowest BCUT2D eigenvalue weighted by Gasteiger charge is -2.12.